The van der Waals surface area contributed by atoms with Gasteiger partial charge in [0.25, 0.3) is 5.91 Å². The van der Waals surface area contributed by atoms with Gasteiger partial charge in [0.1, 0.15) is 11.8 Å². The number of ether oxygens (including phenoxy) is 1. The minimum Gasteiger partial charge on any atom is -0.483 e. The lowest BCUT2D eigenvalue weighted by molar-refractivity contribution is -0.142. The Balaban J connectivity index is 1.63. The first-order valence-corrected chi connectivity index (χ1v) is 12.9. The molecule has 0 saturated heterocycles. The quantitative estimate of drug-likeness (QED) is 0.265. The molecule has 0 fully saturated rings. The number of carbonyl (C=O) groups is 2. The van der Waals surface area contributed by atoms with Gasteiger partial charge in [-0.1, -0.05) is 97.4 Å². The SMILES string of the molecule is CCCNC(=O)[C@@H](Cc1ccccc1)N(Cc1cccc(Cl)c1)C(=O)COc1cccc2ccccc12. The highest BCUT2D eigenvalue weighted by Crippen LogP contribution is 2.25. The van der Waals surface area contributed by atoms with Gasteiger partial charge in [-0.05, 0) is 41.1 Å². The first kappa shape index (κ1) is 26.2. The summed E-state index contributed by atoms with van der Waals surface area (Å²) in [6.07, 6.45) is 1.19. The number of hydrogen-bond acceptors (Lipinski definition) is 3. The van der Waals surface area contributed by atoms with Crippen LogP contribution < -0.4 is 10.1 Å². The van der Waals surface area contributed by atoms with E-state index < -0.39 is 6.04 Å². The number of rotatable bonds is 11. The van der Waals surface area contributed by atoms with Crippen LogP contribution in [0, 0.1) is 0 Å². The Labute approximate surface area is 223 Å². The molecule has 0 heterocycles. The van der Waals surface area contributed by atoms with Crippen molar-refractivity contribution in [2.75, 3.05) is 13.2 Å². The van der Waals surface area contributed by atoms with Crippen molar-refractivity contribution >= 4 is 34.2 Å². The summed E-state index contributed by atoms with van der Waals surface area (Å²) in [5.74, 6) is 0.163. The molecule has 0 saturated carbocycles. The Morgan fingerprint density at radius 3 is 2.38 bits per heavy atom. The second-order valence-electron chi connectivity index (χ2n) is 8.91. The number of nitrogens with one attached hydrogen (secondary N) is 1. The van der Waals surface area contributed by atoms with Crippen LogP contribution in [0.3, 0.4) is 0 Å². The lowest BCUT2D eigenvalue weighted by Gasteiger charge is -2.31. The maximum Gasteiger partial charge on any atom is 0.261 e. The van der Waals surface area contributed by atoms with Crippen molar-refractivity contribution in [3.8, 4) is 5.75 Å². The molecule has 0 aromatic heterocycles. The minimum absolute atomic E-state index is 0.189. The Bertz CT molecular complexity index is 1340. The molecule has 0 bridgehead atoms. The van der Waals surface area contributed by atoms with E-state index in [1.165, 1.54) is 0 Å². The molecule has 4 rings (SSSR count). The van der Waals surface area contributed by atoms with Crippen molar-refractivity contribution in [3.63, 3.8) is 0 Å². The largest absolute Gasteiger partial charge is 0.483 e. The van der Waals surface area contributed by atoms with Crippen LogP contribution in [0.25, 0.3) is 10.8 Å². The van der Waals surface area contributed by atoms with Crippen molar-refractivity contribution in [2.24, 2.45) is 0 Å². The Kier molecular flexibility index (Phi) is 9.17. The van der Waals surface area contributed by atoms with Crippen molar-refractivity contribution in [2.45, 2.75) is 32.4 Å². The summed E-state index contributed by atoms with van der Waals surface area (Å²) in [5.41, 5.74) is 1.81. The van der Waals surface area contributed by atoms with Crippen molar-refractivity contribution < 1.29 is 14.3 Å². The molecular weight excluding hydrogens is 484 g/mol. The maximum absolute atomic E-state index is 13.7. The second kappa shape index (κ2) is 12.9. The first-order valence-electron chi connectivity index (χ1n) is 12.5. The summed E-state index contributed by atoms with van der Waals surface area (Å²) in [7, 11) is 0. The van der Waals surface area contributed by atoms with Crippen LogP contribution in [0.15, 0.2) is 97.1 Å². The zero-order valence-corrected chi connectivity index (χ0v) is 21.7. The van der Waals surface area contributed by atoms with Crippen molar-refractivity contribution in [1.82, 2.24) is 10.2 Å². The van der Waals surface area contributed by atoms with Gasteiger partial charge in [0.15, 0.2) is 6.61 Å². The molecule has 0 unspecified atom stereocenters. The zero-order valence-electron chi connectivity index (χ0n) is 20.9. The van der Waals surface area contributed by atoms with Crippen LogP contribution in [-0.4, -0.2) is 35.9 Å². The second-order valence-corrected chi connectivity index (χ2v) is 9.35. The summed E-state index contributed by atoms with van der Waals surface area (Å²) < 4.78 is 6.04. The maximum atomic E-state index is 13.7. The van der Waals surface area contributed by atoms with Crippen LogP contribution in [0.2, 0.25) is 5.02 Å². The summed E-state index contributed by atoms with van der Waals surface area (Å²) in [6.45, 7) is 2.57. The number of amides is 2. The monoisotopic (exact) mass is 514 g/mol. The Hall–Kier alpha value is -3.83. The molecule has 0 radical (unpaired) electrons. The van der Waals surface area contributed by atoms with Gasteiger partial charge < -0.3 is 15.0 Å². The van der Waals surface area contributed by atoms with Crippen molar-refractivity contribution in [1.29, 1.82) is 0 Å². The molecule has 5 nitrogen and oxygen atoms in total. The van der Waals surface area contributed by atoms with Crippen LogP contribution in [-0.2, 0) is 22.6 Å². The Morgan fingerprint density at radius 1 is 0.892 bits per heavy atom. The van der Waals surface area contributed by atoms with Crippen molar-refractivity contribution in [3.05, 3.63) is 113 Å². The predicted molar refractivity (Wildman–Crippen MR) is 149 cm³/mol. The highest BCUT2D eigenvalue weighted by Gasteiger charge is 2.30. The molecule has 0 spiro atoms. The van der Waals surface area contributed by atoms with Gasteiger partial charge in [0.05, 0.1) is 0 Å². The van der Waals surface area contributed by atoms with Crippen LogP contribution in [0.5, 0.6) is 5.75 Å². The molecular formula is C31H31ClN2O3. The van der Waals surface area contributed by atoms with Gasteiger partial charge in [-0.2, -0.15) is 0 Å². The molecule has 0 aliphatic carbocycles. The standard InChI is InChI=1S/C31H31ClN2O3/c1-2-18-33-31(36)28(20-23-10-4-3-5-11-23)34(21-24-12-8-15-26(32)19-24)30(35)22-37-29-17-9-14-25-13-6-7-16-27(25)29/h3-17,19,28H,2,18,20-22H2,1H3,(H,33,36)/t28-/m1/s1. The van der Waals surface area contributed by atoms with Crippen LogP contribution in [0.1, 0.15) is 24.5 Å². The predicted octanol–water partition coefficient (Wildman–Crippen LogP) is 6.04. The molecule has 2 amide bonds. The van der Waals surface area contributed by atoms with E-state index in [4.69, 9.17) is 16.3 Å². The van der Waals surface area contributed by atoms with Gasteiger partial charge in [0, 0.05) is 29.9 Å². The zero-order chi connectivity index (χ0) is 26.0. The molecule has 190 valence electrons. The average molecular weight is 515 g/mol. The number of hydrogen-bond donors (Lipinski definition) is 1. The minimum atomic E-state index is -0.712. The lowest BCUT2D eigenvalue weighted by Crippen LogP contribution is -2.51. The van der Waals surface area contributed by atoms with E-state index in [2.05, 4.69) is 5.32 Å². The van der Waals surface area contributed by atoms with E-state index in [9.17, 15) is 9.59 Å². The summed E-state index contributed by atoms with van der Waals surface area (Å²) in [5, 5.41) is 5.52. The van der Waals surface area contributed by atoms with Gasteiger partial charge in [0.2, 0.25) is 5.91 Å². The molecule has 4 aromatic rings. The van der Waals surface area contributed by atoms with E-state index in [0.717, 1.165) is 28.3 Å². The first-order chi connectivity index (χ1) is 18.0. The highest BCUT2D eigenvalue weighted by molar-refractivity contribution is 6.30. The highest BCUT2D eigenvalue weighted by atomic mass is 35.5. The molecule has 0 aliphatic heterocycles. The molecule has 4 aromatic carbocycles. The van der Waals surface area contributed by atoms with Crippen LogP contribution in [0.4, 0.5) is 0 Å². The number of nitrogens with zero attached hydrogens (tertiary/aromatic N) is 1. The molecule has 1 atom stereocenters. The van der Waals surface area contributed by atoms with E-state index in [1.807, 2.05) is 97.9 Å². The summed E-state index contributed by atoms with van der Waals surface area (Å²) in [4.78, 5) is 28.7. The fourth-order valence-corrected chi connectivity index (χ4v) is 4.51. The molecule has 37 heavy (non-hydrogen) atoms. The van der Waals surface area contributed by atoms with Gasteiger partial charge in [-0.3, -0.25) is 9.59 Å². The lowest BCUT2D eigenvalue weighted by atomic mass is 10.0. The third kappa shape index (κ3) is 7.11. The van der Waals surface area contributed by atoms with E-state index >= 15 is 0 Å². The number of benzene rings is 4. The van der Waals surface area contributed by atoms with E-state index in [1.54, 1.807) is 11.0 Å². The van der Waals surface area contributed by atoms with E-state index in [-0.39, 0.29) is 25.0 Å². The smallest absolute Gasteiger partial charge is 0.261 e. The number of halogens is 1. The Morgan fingerprint density at radius 2 is 1.59 bits per heavy atom. The third-order valence-corrected chi connectivity index (χ3v) is 6.40. The molecule has 6 heteroatoms. The average Bonchev–Trinajstić information content (AvgIpc) is 2.93. The third-order valence-electron chi connectivity index (χ3n) is 6.16. The summed E-state index contributed by atoms with van der Waals surface area (Å²) >= 11 is 6.24. The summed E-state index contributed by atoms with van der Waals surface area (Å²) in [6, 6.07) is 30.0. The van der Waals surface area contributed by atoms with E-state index in [0.29, 0.717) is 23.7 Å². The number of fused-ring (bicyclic) bond motifs is 1. The van der Waals surface area contributed by atoms with Gasteiger partial charge in [-0.15, -0.1) is 0 Å². The fourth-order valence-electron chi connectivity index (χ4n) is 4.30. The normalized spacial score (nSPS) is 11.6. The van der Waals surface area contributed by atoms with Crippen LogP contribution >= 0.6 is 11.6 Å². The number of carbonyl (C=O) groups excluding carboxylic acids is 2. The topological polar surface area (TPSA) is 58.6 Å². The molecule has 1 N–H and O–H groups in total. The van der Waals surface area contributed by atoms with Gasteiger partial charge >= 0.3 is 0 Å². The van der Waals surface area contributed by atoms with Gasteiger partial charge in [-0.25, -0.2) is 0 Å². The molecule has 0 aliphatic rings. The fraction of sp³-hybridized carbons (Fsp3) is 0.226.